The van der Waals surface area contributed by atoms with Crippen molar-refractivity contribution in [2.45, 2.75) is 26.2 Å². The van der Waals surface area contributed by atoms with Gasteiger partial charge >= 0.3 is 0 Å². The van der Waals surface area contributed by atoms with Crippen molar-refractivity contribution in [1.82, 2.24) is 5.32 Å². The van der Waals surface area contributed by atoms with Gasteiger partial charge in [-0.15, -0.1) is 11.3 Å². The molecule has 0 saturated carbocycles. The number of amides is 1. The van der Waals surface area contributed by atoms with E-state index in [0.717, 1.165) is 33.4 Å². The van der Waals surface area contributed by atoms with E-state index in [4.69, 9.17) is 12.2 Å². The molecule has 1 aromatic heterocycles. The molecule has 0 spiro atoms. The Kier molecular flexibility index (Phi) is 5.71. The minimum absolute atomic E-state index is 0.216. The largest absolute Gasteiger partial charge is 0.323 e. The van der Waals surface area contributed by atoms with E-state index < -0.39 is 0 Å². The third-order valence-corrected chi connectivity index (χ3v) is 6.51. The number of hydrogen-bond acceptors (Lipinski definition) is 4. The molecule has 3 rings (SSSR count). The second-order valence-corrected chi connectivity index (χ2v) is 8.73. The van der Waals surface area contributed by atoms with Gasteiger partial charge in [0.25, 0.3) is 5.91 Å². The molecule has 1 amide bonds. The van der Waals surface area contributed by atoms with Gasteiger partial charge in [-0.05, 0) is 77.7 Å². The van der Waals surface area contributed by atoms with Crippen LogP contribution < -0.4 is 10.6 Å². The van der Waals surface area contributed by atoms with Crippen molar-refractivity contribution in [1.29, 1.82) is 5.26 Å². The third kappa shape index (κ3) is 4.02. The molecule has 1 aromatic carbocycles. The summed E-state index contributed by atoms with van der Waals surface area (Å²) in [5, 5.41) is 16.2. The van der Waals surface area contributed by atoms with Crippen molar-refractivity contribution in [3.8, 4) is 6.07 Å². The van der Waals surface area contributed by atoms with Crippen molar-refractivity contribution in [2.75, 3.05) is 5.32 Å². The van der Waals surface area contributed by atoms with E-state index in [9.17, 15) is 10.1 Å². The Balaban J connectivity index is 1.75. The normalized spacial score (nSPS) is 15.8. The molecule has 1 atom stereocenters. The number of thiocarbonyl (C=S) groups is 1. The SMILES string of the molecule is CC1CCc2c(sc(NC(=S)NC(=O)c3ccccc3I)c2C#N)C1. The number of anilines is 1. The van der Waals surface area contributed by atoms with Crippen LogP contribution in [0.2, 0.25) is 0 Å². The van der Waals surface area contributed by atoms with E-state index in [2.05, 4.69) is 46.2 Å². The summed E-state index contributed by atoms with van der Waals surface area (Å²) >= 11 is 8.97. The standard InChI is InChI=1S/C18H16IN3OS2/c1-10-6-7-11-13(9-20)17(25-15(11)8-10)22-18(24)21-16(23)12-4-2-3-5-14(12)19/h2-5,10H,6-8H2,1H3,(H2,21,22,23,24). The highest BCUT2D eigenvalue weighted by atomic mass is 127. The lowest BCUT2D eigenvalue weighted by Gasteiger charge is -2.17. The van der Waals surface area contributed by atoms with Gasteiger partial charge in [0.15, 0.2) is 5.11 Å². The van der Waals surface area contributed by atoms with Crippen LogP contribution in [0.1, 0.15) is 39.7 Å². The molecule has 0 saturated heterocycles. The summed E-state index contributed by atoms with van der Waals surface area (Å²) in [5.41, 5.74) is 2.38. The molecule has 128 valence electrons. The predicted octanol–water partition coefficient (Wildman–Crippen LogP) is 4.48. The zero-order chi connectivity index (χ0) is 18.0. The topological polar surface area (TPSA) is 64.9 Å². The second-order valence-electron chi connectivity index (χ2n) is 6.06. The summed E-state index contributed by atoms with van der Waals surface area (Å²) in [6, 6.07) is 9.61. The van der Waals surface area contributed by atoms with E-state index in [1.807, 2.05) is 18.2 Å². The maximum absolute atomic E-state index is 12.4. The molecule has 0 aliphatic heterocycles. The number of thiophene rings is 1. The second kappa shape index (κ2) is 7.81. The molecule has 0 radical (unpaired) electrons. The van der Waals surface area contributed by atoms with E-state index in [1.165, 1.54) is 4.88 Å². The number of carbonyl (C=O) groups excluding carboxylic acids is 1. The summed E-state index contributed by atoms with van der Waals surface area (Å²) in [6.45, 7) is 2.23. The minimum atomic E-state index is -0.254. The van der Waals surface area contributed by atoms with Gasteiger partial charge in [0.2, 0.25) is 0 Å². The summed E-state index contributed by atoms with van der Waals surface area (Å²) < 4.78 is 0.860. The first kappa shape index (κ1) is 18.3. The fraction of sp³-hybridized carbons (Fsp3) is 0.278. The van der Waals surface area contributed by atoms with Gasteiger partial charge < -0.3 is 5.32 Å². The fourth-order valence-corrected chi connectivity index (χ4v) is 5.16. The van der Waals surface area contributed by atoms with Crippen LogP contribution in [0.5, 0.6) is 0 Å². The molecule has 7 heteroatoms. The number of benzene rings is 1. The maximum Gasteiger partial charge on any atom is 0.258 e. The number of hydrogen-bond donors (Lipinski definition) is 2. The molecular weight excluding hydrogens is 465 g/mol. The van der Waals surface area contributed by atoms with E-state index in [-0.39, 0.29) is 11.0 Å². The molecular formula is C18H16IN3OS2. The number of fused-ring (bicyclic) bond motifs is 1. The highest BCUT2D eigenvalue weighted by Crippen LogP contribution is 2.39. The van der Waals surface area contributed by atoms with E-state index in [0.29, 0.717) is 17.0 Å². The zero-order valence-corrected chi connectivity index (χ0v) is 17.3. The fourth-order valence-electron chi connectivity index (χ4n) is 2.91. The molecule has 2 N–H and O–H groups in total. The summed E-state index contributed by atoms with van der Waals surface area (Å²) in [4.78, 5) is 13.6. The maximum atomic E-state index is 12.4. The van der Waals surface area contributed by atoms with Crippen LogP contribution in [0, 0.1) is 20.8 Å². The molecule has 4 nitrogen and oxygen atoms in total. The summed E-state index contributed by atoms with van der Waals surface area (Å²) in [5.74, 6) is 0.383. The van der Waals surface area contributed by atoms with Gasteiger partial charge in [-0.3, -0.25) is 10.1 Å². The first-order chi connectivity index (χ1) is 12.0. The minimum Gasteiger partial charge on any atom is -0.323 e. The van der Waals surface area contributed by atoms with Crippen molar-refractivity contribution >= 4 is 62.2 Å². The number of halogens is 1. The highest BCUT2D eigenvalue weighted by Gasteiger charge is 2.24. The highest BCUT2D eigenvalue weighted by molar-refractivity contribution is 14.1. The smallest absolute Gasteiger partial charge is 0.258 e. The average molecular weight is 481 g/mol. The van der Waals surface area contributed by atoms with Crippen molar-refractivity contribution in [3.63, 3.8) is 0 Å². The number of rotatable bonds is 2. The zero-order valence-electron chi connectivity index (χ0n) is 13.6. The third-order valence-electron chi connectivity index (χ3n) is 4.20. The number of nitrogens with one attached hydrogen (secondary N) is 2. The van der Waals surface area contributed by atoms with Crippen LogP contribution in [-0.2, 0) is 12.8 Å². The van der Waals surface area contributed by atoms with Crippen LogP contribution in [0.3, 0.4) is 0 Å². The van der Waals surface area contributed by atoms with Gasteiger partial charge in [0.05, 0.1) is 11.1 Å². The van der Waals surface area contributed by atoms with Gasteiger partial charge in [-0.2, -0.15) is 5.26 Å². The number of nitriles is 1. The summed E-state index contributed by atoms with van der Waals surface area (Å²) in [6.07, 6.45) is 3.03. The molecule has 1 aliphatic carbocycles. The Morgan fingerprint density at radius 2 is 2.20 bits per heavy atom. The molecule has 2 aromatic rings. The first-order valence-corrected chi connectivity index (χ1v) is 10.2. The van der Waals surface area contributed by atoms with Gasteiger partial charge in [-0.1, -0.05) is 19.1 Å². The average Bonchev–Trinajstić information content (AvgIpc) is 2.90. The predicted molar refractivity (Wildman–Crippen MR) is 113 cm³/mol. The Morgan fingerprint density at radius 1 is 1.44 bits per heavy atom. The van der Waals surface area contributed by atoms with Crippen LogP contribution in [0.15, 0.2) is 24.3 Å². The lowest BCUT2D eigenvalue weighted by molar-refractivity contribution is 0.0977. The number of nitrogens with zero attached hydrogens (tertiary/aromatic N) is 1. The van der Waals surface area contributed by atoms with Crippen molar-refractivity contribution in [3.05, 3.63) is 49.4 Å². The molecule has 0 bridgehead atoms. The van der Waals surface area contributed by atoms with Crippen molar-refractivity contribution in [2.24, 2.45) is 5.92 Å². The van der Waals surface area contributed by atoms with Gasteiger partial charge in [0.1, 0.15) is 11.1 Å². The monoisotopic (exact) mass is 481 g/mol. The molecule has 1 unspecified atom stereocenters. The summed E-state index contributed by atoms with van der Waals surface area (Å²) in [7, 11) is 0. The quantitative estimate of drug-likeness (QED) is 0.491. The van der Waals surface area contributed by atoms with Gasteiger partial charge in [0, 0.05) is 8.45 Å². The van der Waals surface area contributed by atoms with Crippen LogP contribution >= 0.6 is 46.1 Å². The van der Waals surface area contributed by atoms with Crippen LogP contribution in [0.25, 0.3) is 0 Å². The lowest BCUT2D eigenvalue weighted by atomic mass is 9.89. The van der Waals surface area contributed by atoms with Gasteiger partial charge in [-0.25, -0.2) is 0 Å². The first-order valence-electron chi connectivity index (χ1n) is 7.91. The van der Waals surface area contributed by atoms with E-state index in [1.54, 1.807) is 17.4 Å². The molecule has 1 aliphatic rings. The Morgan fingerprint density at radius 3 is 2.92 bits per heavy atom. The van der Waals surface area contributed by atoms with Crippen LogP contribution in [-0.4, -0.2) is 11.0 Å². The molecule has 0 fully saturated rings. The van der Waals surface area contributed by atoms with E-state index >= 15 is 0 Å². The Hall–Kier alpha value is -1.50. The molecule has 25 heavy (non-hydrogen) atoms. The Labute approximate surface area is 169 Å². The Bertz CT molecular complexity index is 885. The van der Waals surface area contributed by atoms with Crippen LogP contribution in [0.4, 0.5) is 5.00 Å². The van der Waals surface area contributed by atoms with Crippen molar-refractivity contribution < 1.29 is 4.79 Å². The molecule has 1 heterocycles. The number of carbonyl (C=O) groups is 1. The lowest BCUT2D eigenvalue weighted by Crippen LogP contribution is -2.34.